The van der Waals surface area contributed by atoms with Gasteiger partial charge in [0.2, 0.25) is 0 Å². The molecule has 0 aliphatic rings. The predicted octanol–water partition coefficient (Wildman–Crippen LogP) is 6.69. The number of halogens is 2. The molecule has 5 heteroatoms. The van der Waals surface area contributed by atoms with Gasteiger partial charge in [-0.25, -0.2) is 9.37 Å². The predicted molar refractivity (Wildman–Crippen MR) is 120 cm³/mol. The molecule has 0 atom stereocenters. The van der Waals surface area contributed by atoms with Crippen molar-refractivity contribution >= 4 is 39.7 Å². The summed E-state index contributed by atoms with van der Waals surface area (Å²) >= 11 is 6.10. The molecule has 0 saturated heterocycles. The highest BCUT2D eigenvalue weighted by Gasteiger charge is 2.12. The van der Waals surface area contributed by atoms with Gasteiger partial charge in [-0.3, -0.25) is 4.79 Å². The summed E-state index contributed by atoms with van der Waals surface area (Å²) in [6.45, 7) is 0. The second kappa shape index (κ2) is 8.47. The maximum absolute atomic E-state index is 12.1. The Morgan fingerprint density at radius 3 is 2.43 bits per heavy atom. The monoisotopic (exact) mass is 416 g/mol. The summed E-state index contributed by atoms with van der Waals surface area (Å²) in [5.74, 6) is 0.643. The second-order valence-corrected chi connectivity index (χ2v) is 7.26. The van der Waals surface area contributed by atoms with Crippen LogP contribution in [0.2, 0.25) is 5.02 Å². The minimum absolute atomic E-state index is 0.319. The minimum Gasteiger partial charge on any atom is -0.327 e. The van der Waals surface area contributed by atoms with Crippen LogP contribution < -0.4 is 0 Å². The molecule has 0 radical (unpaired) electrons. The van der Waals surface area contributed by atoms with Crippen LogP contribution in [-0.4, -0.2) is 15.8 Å². The molecule has 5 aromatic rings. The molecule has 30 heavy (non-hydrogen) atoms. The van der Waals surface area contributed by atoms with E-state index in [4.69, 9.17) is 16.6 Å². The maximum Gasteiger partial charge on any atom is 0.150 e. The third-order valence-corrected chi connectivity index (χ3v) is 5.11. The molecular formula is C25H18ClFN2O. The smallest absolute Gasteiger partial charge is 0.150 e. The molecule has 0 aliphatic heterocycles. The summed E-state index contributed by atoms with van der Waals surface area (Å²) in [7, 11) is 2.03. The fourth-order valence-electron chi connectivity index (χ4n) is 3.37. The number of nitrogens with zero attached hydrogens (tertiary/aromatic N) is 2. The van der Waals surface area contributed by atoms with Crippen molar-refractivity contribution in [2.45, 2.75) is 0 Å². The molecular weight excluding hydrogens is 399 g/mol. The van der Waals surface area contributed by atoms with E-state index >= 15 is 0 Å². The quantitative estimate of drug-likeness (QED) is 0.300. The fourth-order valence-corrected chi connectivity index (χ4v) is 3.53. The highest BCUT2D eigenvalue weighted by molar-refractivity contribution is 6.31. The Kier molecular flexibility index (Phi) is 5.59. The molecule has 5 rings (SSSR count). The van der Waals surface area contributed by atoms with Crippen LogP contribution in [0.3, 0.4) is 0 Å². The molecule has 0 fully saturated rings. The lowest BCUT2D eigenvalue weighted by atomic mass is 10.0. The number of rotatable bonds is 2. The van der Waals surface area contributed by atoms with E-state index in [1.54, 1.807) is 0 Å². The summed E-state index contributed by atoms with van der Waals surface area (Å²) in [6, 6.07) is 25.9. The molecule has 3 nitrogen and oxygen atoms in total. The molecule has 0 saturated carbocycles. The zero-order valence-corrected chi connectivity index (χ0v) is 17.0. The first-order valence-electron chi connectivity index (χ1n) is 9.37. The van der Waals surface area contributed by atoms with E-state index < -0.39 is 0 Å². The van der Waals surface area contributed by atoms with Gasteiger partial charge in [0, 0.05) is 23.2 Å². The summed E-state index contributed by atoms with van der Waals surface area (Å²) in [6.07, 6.45) is 0.680. The first-order valence-corrected chi connectivity index (χ1v) is 9.75. The van der Waals surface area contributed by atoms with Crippen LogP contribution in [0.4, 0.5) is 4.39 Å². The van der Waals surface area contributed by atoms with E-state index in [1.165, 1.54) is 35.0 Å². The van der Waals surface area contributed by atoms with E-state index in [2.05, 4.69) is 47.0 Å². The Morgan fingerprint density at radius 1 is 0.933 bits per heavy atom. The highest BCUT2D eigenvalue weighted by Crippen LogP contribution is 2.30. The average Bonchev–Trinajstić information content (AvgIpc) is 3.10. The van der Waals surface area contributed by atoms with E-state index in [1.807, 2.05) is 25.2 Å². The van der Waals surface area contributed by atoms with Crippen LogP contribution in [0, 0.1) is 5.82 Å². The zero-order chi connectivity index (χ0) is 21.1. The first kappa shape index (κ1) is 19.8. The van der Waals surface area contributed by atoms with Gasteiger partial charge in [-0.15, -0.1) is 0 Å². The number of imidazole rings is 1. The third kappa shape index (κ3) is 3.95. The van der Waals surface area contributed by atoms with Gasteiger partial charge in [0.1, 0.15) is 17.9 Å². The first-order chi connectivity index (χ1) is 14.6. The van der Waals surface area contributed by atoms with Crippen molar-refractivity contribution in [1.82, 2.24) is 9.55 Å². The van der Waals surface area contributed by atoms with Gasteiger partial charge < -0.3 is 4.57 Å². The van der Waals surface area contributed by atoms with Crippen LogP contribution in [0.25, 0.3) is 33.2 Å². The fraction of sp³-hybridized carbons (Fsp3) is 0.0400. The van der Waals surface area contributed by atoms with Gasteiger partial charge in [0.25, 0.3) is 0 Å². The number of aryl methyl sites for hydroxylation is 1. The van der Waals surface area contributed by atoms with Crippen LogP contribution >= 0.6 is 11.6 Å². The summed E-state index contributed by atoms with van der Waals surface area (Å²) < 4.78 is 14.2. The standard InChI is InChI=1S/C18H13ClN2.C7H5FO/c1-21-17-11-13(19)9-10-16(17)20-18(21)15-8-4-6-12-5-2-3-7-14(12)15;8-7-3-1-6(5-9)2-4-7/h2-11H,1H3;1-5H. The molecule has 148 valence electrons. The zero-order valence-electron chi connectivity index (χ0n) is 16.2. The Labute approximate surface area is 178 Å². The SMILES string of the molecule is Cn1c(-c2cccc3ccccc23)nc2ccc(Cl)cc21.O=Cc1ccc(F)cc1. The van der Waals surface area contributed by atoms with Crippen LogP contribution in [0.15, 0.2) is 84.9 Å². The molecule has 0 bridgehead atoms. The summed E-state index contributed by atoms with van der Waals surface area (Å²) in [5, 5.41) is 3.17. The van der Waals surface area contributed by atoms with E-state index in [-0.39, 0.29) is 5.82 Å². The van der Waals surface area contributed by atoms with Gasteiger partial charge in [-0.05, 0) is 53.2 Å². The lowest BCUT2D eigenvalue weighted by Gasteiger charge is -2.06. The maximum atomic E-state index is 12.1. The topological polar surface area (TPSA) is 34.9 Å². The van der Waals surface area contributed by atoms with Crippen molar-refractivity contribution in [2.24, 2.45) is 7.05 Å². The normalized spacial score (nSPS) is 10.6. The third-order valence-electron chi connectivity index (χ3n) is 4.88. The van der Waals surface area contributed by atoms with Crippen LogP contribution in [0.1, 0.15) is 10.4 Å². The van der Waals surface area contributed by atoms with E-state index in [0.29, 0.717) is 11.8 Å². The van der Waals surface area contributed by atoms with Crippen molar-refractivity contribution in [3.63, 3.8) is 0 Å². The van der Waals surface area contributed by atoms with Crippen molar-refractivity contribution in [2.75, 3.05) is 0 Å². The molecule has 1 heterocycles. The second-order valence-electron chi connectivity index (χ2n) is 6.82. The van der Waals surface area contributed by atoms with Crippen LogP contribution in [-0.2, 0) is 7.05 Å². The van der Waals surface area contributed by atoms with Crippen molar-refractivity contribution in [3.8, 4) is 11.4 Å². The number of carbonyl (C=O) groups is 1. The molecule has 0 amide bonds. The van der Waals surface area contributed by atoms with Gasteiger partial charge in [-0.1, -0.05) is 54.1 Å². The number of fused-ring (bicyclic) bond motifs is 2. The van der Waals surface area contributed by atoms with Crippen molar-refractivity contribution < 1.29 is 9.18 Å². The number of carbonyl (C=O) groups excluding carboxylic acids is 1. The average molecular weight is 417 g/mol. The van der Waals surface area contributed by atoms with Gasteiger partial charge in [0.05, 0.1) is 11.0 Å². The Hall–Kier alpha value is -3.50. The Balaban J connectivity index is 0.000000204. The number of hydrogen-bond acceptors (Lipinski definition) is 2. The molecule has 0 aliphatic carbocycles. The Bertz CT molecular complexity index is 1340. The lowest BCUT2D eigenvalue weighted by molar-refractivity contribution is 0.112. The minimum atomic E-state index is -0.319. The lowest BCUT2D eigenvalue weighted by Crippen LogP contribution is -1.93. The van der Waals surface area contributed by atoms with Crippen LogP contribution in [0.5, 0.6) is 0 Å². The Morgan fingerprint density at radius 2 is 1.67 bits per heavy atom. The van der Waals surface area contributed by atoms with E-state index in [0.717, 1.165) is 27.4 Å². The van der Waals surface area contributed by atoms with Crippen molar-refractivity contribution in [1.29, 1.82) is 0 Å². The van der Waals surface area contributed by atoms with Crippen molar-refractivity contribution in [3.05, 3.63) is 101 Å². The summed E-state index contributed by atoms with van der Waals surface area (Å²) in [5.41, 5.74) is 3.65. The number of aldehydes is 1. The molecule has 0 unspecified atom stereocenters. The van der Waals surface area contributed by atoms with Gasteiger partial charge >= 0.3 is 0 Å². The largest absolute Gasteiger partial charge is 0.327 e. The van der Waals surface area contributed by atoms with Gasteiger partial charge in [-0.2, -0.15) is 0 Å². The number of benzene rings is 4. The number of hydrogen-bond donors (Lipinski definition) is 0. The highest BCUT2D eigenvalue weighted by atomic mass is 35.5. The molecule has 4 aromatic carbocycles. The number of aromatic nitrogens is 2. The molecule has 0 spiro atoms. The summed E-state index contributed by atoms with van der Waals surface area (Å²) in [4.78, 5) is 14.8. The van der Waals surface area contributed by atoms with Gasteiger partial charge in [0.15, 0.2) is 0 Å². The van der Waals surface area contributed by atoms with E-state index in [9.17, 15) is 9.18 Å². The molecule has 1 aromatic heterocycles. The molecule has 0 N–H and O–H groups in total.